The standard InChI is InChI=1S/C17H23Cl2N3O/c18-12-9-13(19)11-15(10-12)21-17(23)20-14-5-7-22(8-6-14)16-3-1-2-4-16/h9-11,14,16H,1-8H2,(H2,20,21,23). The molecule has 1 saturated heterocycles. The number of amides is 2. The molecule has 0 aromatic heterocycles. The Hall–Kier alpha value is -0.970. The van der Waals surface area contributed by atoms with E-state index in [1.807, 2.05) is 0 Å². The number of likely N-dealkylation sites (tertiary alicyclic amines) is 1. The van der Waals surface area contributed by atoms with Crippen molar-refractivity contribution in [2.24, 2.45) is 0 Å². The number of benzene rings is 1. The van der Waals surface area contributed by atoms with Crippen molar-refractivity contribution >= 4 is 34.9 Å². The van der Waals surface area contributed by atoms with Gasteiger partial charge in [0.25, 0.3) is 0 Å². The first-order valence-corrected chi connectivity index (χ1v) is 9.13. The molecule has 126 valence electrons. The Labute approximate surface area is 147 Å². The Morgan fingerprint density at radius 3 is 2.22 bits per heavy atom. The Morgan fingerprint density at radius 2 is 1.61 bits per heavy atom. The van der Waals surface area contributed by atoms with Crippen LogP contribution >= 0.6 is 23.2 Å². The van der Waals surface area contributed by atoms with Gasteiger partial charge >= 0.3 is 6.03 Å². The van der Waals surface area contributed by atoms with Gasteiger partial charge in [0.05, 0.1) is 0 Å². The molecule has 2 aliphatic rings. The highest BCUT2D eigenvalue weighted by Crippen LogP contribution is 2.26. The lowest BCUT2D eigenvalue weighted by Crippen LogP contribution is -2.48. The van der Waals surface area contributed by atoms with Gasteiger partial charge in [-0.1, -0.05) is 36.0 Å². The van der Waals surface area contributed by atoms with Crippen molar-refractivity contribution in [3.8, 4) is 0 Å². The smallest absolute Gasteiger partial charge is 0.319 e. The number of piperidine rings is 1. The van der Waals surface area contributed by atoms with Crippen molar-refractivity contribution in [1.29, 1.82) is 0 Å². The van der Waals surface area contributed by atoms with Crippen LogP contribution in [0.4, 0.5) is 10.5 Å². The molecule has 1 aliphatic heterocycles. The van der Waals surface area contributed by atoms with Gasteiger partial charge in [-0.3, -0.25) is 0 Å². The summed E-state index contributed by atoms with van der Waals surface area (Å²) in [6.45, 7) is 2.16. The summed E-state index contributed by atoms with van der Waals surface area (Å²) in [4.78, 5) is 14.7. The van der Waals surface area contributed by atoms with Gasteiger partial charge < -0.3 is 15.5 Å². The van der Waals surface area contributed by atoms with Gasteiger partial charge in [-0.2, -0.15) is 0 Å². The summed E-state index contributed by atoms with van der Waals surface area (Å²) in [5, 5.41) is 6.88. The minimum Gasteiger partial charge on any atom is -0.335 e. The number of hydrogen-bond donors (Lipinski definition) is 2. The summed E-state index contributed by atoms with van der Waals surface area (Å²) < 4.78 is 0. The molecule has 0 bridgehead atoms. The molecule has 6 heteroatoms. The van der Waals surface area contributed by atoms with Gasteiger partial charge in [0.1, 0.15) is 0 Å². The number of nitrogens with zero attached hydrogens (tertiary/aromatic N) is 1. The predicted molar refractivity (Wildman–Crippen MR) is 95.5 cm³/mol. The van der Waals surface area contributed by atoms with Crippen LogP contribution in [0.1, 0.15) is 38.5 Å². The third-order valence-corrected chi connectivity index (χ3v) is 5.26. The largest absolute Gasteiger partial charge is 0.335 e. The second kappa shape index (κ2) is 7.73. The lowest BCUT2D eigenvalue weighted by atomic mass is 10.0. The van der Waals surface area contributed by atoms with Crippen LogP contribution in [-0.4, -0.2) is 36.1 Å². The molecule has 1 saturated carbocycles. The van der Waals surface area contributed by atoms with Crippen molar-refractivity contribution < 1.29 is 4.79 Å². The molecule has 1 aromatic carbocycles. The van der Waals surface area contributed by atoms with Gasteiger partial charge in [-0.15, -0.1) is 0 Å². The number of hydrogen-bond acceptors (Lipinski definition) is 2. The maximum Gasteiger partial charge on any atom is 0.319 e. The first-order chi connectivity index (χ1) is 11.1. The highest BCUT2D eigenvalue weighted by molar-refractivity contribution is 6.35. The zero-order valence-corrected chi connectivity index (χ0v) is 14.7. The van der Waals surface area contributed by atoms with Gasteiger partial charge in [0.2, 0.25) is 0 Å². The van der Waals surface area contributed by atoms with Gasteiger partial charge in [0, 0.05) is 40.9 Å². The lowest BCUT2D eigenvalue weighted by molar-refractivity contribution is 0.147. The van der Waals surface area contributed by atoms with E-state index in [-0.39, 0.29) is 12.1 Å². The molecule has 0 unspecified atom stereocenters. The average molecular weight is 356 g/mol. The van der Waals surface area contributed by atoms with Crippen LogP contribution < -0.4 is 10.6 Å². The van der Waals surface area contributed by atoms with Crippen molar-refractivity contribution in [3.63, 3.8) is 0 Å². The number of halogens is 2. The van der Waals surface area contributed by atoms with Crippen LogP contribution in [0.25, 0.3) is 0 Å². The Kier molecular flexibility index (Phi) is 5.67. The van der Waals surface area contributed by atoms with Crippen molar-refractivity contribution in [1.82, 2.24) is 10.2 Å². The molecule has 0 atom stereocenters. The van der Waals surface area contributed by atoms with Gasteiger partial charge in [-0.05, 0) is 43.9 Å². The second-order valence-electron chi connectivity index (χ2n) is 6.51. The van der Waals surface area contributed by atoms with E-state index in [1.165, 1.54) is 25.7 Å². The molecule has 3 rings (SSSR count). The highest BCUT2D eigenvalue weighted by Gasteiger charge is 2.27. The van der Waals surface area contributed by atoms with Crippen LogP contribution in [0, 0.1) is 0 Å². The third kappa shape index (κ3) is 4.75. The van der Waals surface area contributed by atoms with Crippen LogP contribution in [0.15, 0.2) is 18.2 Å². The maximum atomic E-state index is 12.1. The highest BCUT2D eigenvalue weighted by atomic mass is 35.5. The fourth-order valence-corrected chi connectivity index (χ4v) is 4.18. The molecule has 2 amide bonds. The van der Waals surface area contributed by atoms with E-state index >= 15 is 0 Å². The number of nitrogens with one attached hydrogen (secondary N) is 2. The Balaban J connectivity index is 1.45. The molecule has 0 spiro atoms. The van der Waals surface area contributed by atoms with E-state index in [0.717, 1.165) is 32.0 Å². The molecule has 0 radical (unpaired) electrons. The first-order valence-electron chi connectivity index (χ1n) is 8.38. The van der Waals surface area contributed by atoms with Crippen LogP contribution in [0.5, 0.6) is 0 Å². The lowest BCUT2D eigenvalue weighted by Gasteiger charge is -2.36. The Bertz CT molecular complexity index is 533. The molecule has 4 nitrogen and oxygen atoms in total. The van der Waals surface area contributed by atoms with E-state index in [0.29, 0.717) is 15.7 Å². The number of urea groups is 1. The predicted octanol–water partition coefficient (Wildman–Crippen LogP) is 4.52. The van der Waals surface area contributed by atoms with Crippen molar-refractivity contribution in [2.75, 3.05) is 18.4 Å². The zero-order chi connectivity index (χ0) is 16.2. The van der Waals surface area contributed by atoms with Crippen LogP contribution in [-0.2, 0) is 0 Å². The van der Waals surface area contributed by atoms with Gasteiger partial charge in [-0.25, -0.2) is 4.79 Å². The van der Waals surface area contributed by atoms with Crippen LogP contribution in [0.3, 0.4) is 0 Å². The number of anilines is 1. The zero-order valence-electron chi connectivity index (χ0n) is 13.2. The molecule has 1 aromatic rings. The monoisotopic (exact) mass is 355 g/mol. The quantitative estimate of drug-likeness (QED) is 0.836. The molecular weight excluding hydrogens is 333 g/mol. The Morgan fingerprint density at radius 1 is 1.00 bits per heavy atom. The minimum absolute atomic E-state index is 0.192. The fraction of sp³-hybridized carbons (Fsp3) is 0.588. The average Bonchev–Trinajstić information content (AvgIpc) is 3.01. The maximum absolute atomic E-state index is 12.1. The van der Waals surface area contributed by atoms with Crippen molar-refractivity contribution in [3.05, 3.63) is 28.2 Å². The summed E-state index contributed by atoms with van der Waals surface area (Å²) in [7, 11) is 0. The summed E-state index contributed by atoms with van der Waals surface area (Å²) in [6.07, 6.45) is 7.45. The van der Waals surface area contributed by atoms with Gasteiger partial charge in [0.15, 0.2) is 0 Å². The van der Waals surface area contributed by atoms with E-state index < -0.39 is 0 Å². The fourth-order valence-electron chi connectivity index (χ4n) is 3.66. The molecular formula is C17H23Cl2N3O. The number of carbonyl (C=O) groups excluding carboxylic acids is 1. The first kappa shape index (κ1) is 16.9. The number of carbonyl (C=O) groups is 1. The third-order valence-electron chi connectivity index (χ3n) is 4.83. The molecule has 2 fully saturated rings. The summed E-state index contributed by atoms with van der Waals surface area (Å²) in [6, 6.07) is 5.85. The summed E-state index contributed by atoms with van der Waals surface area (Å²) in [5.74, 6) is 0. The van der Waals surface area contributed by atoms with Crippen LogP contribution in [0.2, 0.25) is 10.0 Å². The van der Waals surface area contributed by atoms with E-state index in [1.54, 1.807) is 18.2 Å². The van der Waals surface area contributed by atoms with E-state index in [4.69, 9.17) is 23.2 Å². The van der Waals surface area contributed by atoms with Crippen molar-refractivity contribution in [2.45, 2.75) is 50.6 Å². The summed E-state index contributed by atoms with van der Waals surface area (Å²) in [5.41, 5.74) is 0.614. The topological polar surface area (TPSA) is 44.4 Å². The molecule has 1 heterocycles. The second-order valence-corrected chi connectivity index (χ2v) is 7.38. The molecule has 1 aliphatic carbocycles. The SMILES string of the molecule is O=C(Nc1cc(Cl)cc(Cl)c1)NC1CCN(C2CCCC2)CC1. The molecule has 2 N–H and O–H groups in total. The summed E-state index contributed by atoms with van der Waals surface area (Å²) >= 11 is 11.9. The number of rotatable bonds is 3. The van der Waals surface area contributed by atoms with E-state index in [9.17, 15) is 4.79 Å². The van der Waals surface area contributed by atoms with E-state index in [2.05, 4.69) is 15.5 Å². The molecule has 23 heavy (non-hydrogen) atoms. The normalized spacial score (nSPS) is 20.6. The minimum atomic E-state index is -0.192.